The fraction of sp³-hybridized carbons (Fsp3) is 0.214. The summed E-state index contributed by atoms with van der Waals surface area (Å²) in [4.78, 5) is 20.0. The molecule has 0 spiro atoms. The van der Waals surface area contributed by atoms with Crippen molar-refractivity contribution in [3.63, 3.8) is 0 Å². The molecule has 2 N–H and O–H groups in total. The van der Waals surface area contributed by atoms with Crippen LogP contribution in [0.4, 0.5) is 15.9 Å². The zero-order valence-electron chi connectivity index (χ0n) is 10.6. The van der Waals surface area contributed by atoms with Gasteiger partial charge >= 0.3 is 0 Å². The number of hydrogen-bond donors (Lipinski definition) is 2. The minimum absolute atomic E-state index is 0.271. The molecule has 102 valence electrons. The third-order valence-electron chi connectivity index (χ3n) is 2.93. The molecule has 0 radical (unpaired) electrons. The Balaban J connectivity index is 1.71. The third-order valence-corrected chi connectivity index (χ3v) is 2.93. The van der Waals surface area contributed by atoms with Crippen molar-refractivity contribution in [1.29, 1.82) is 0 Å². The predicted octanol–water partition coefficient (Wildman–Crippen LogP) is 2.44. The molecule has 0 saturated heterocycles. The van der Waals surface area contributed by atoms with Gasteiger partial charge in [0.05, 0.1) is 0 Å². The lowest BCUT2D eigenvalue weighted by molar-refractivity contribution is 0.102. The van der Waals surface area contributed by atoms with Gasteiger partial charge in [-0.15, -0.1) is 0 Å². The number of nitrogens with zero attached hydrogens (tertiary/aromatic N) is 2. The molecule has 0 atom stereocenters. The Bertz CT molecular complexity index is 625. The number of amides is 1. The van der Waals surface area contributed by atoms with Gasteiger partial charge in [0.2, 0.25) is 0 Å². The van der Waals surface area contributed by atoms with Crippen molar-refractivity contribution in [2.45, 2.75) is 18.9 Å². The van der Waals surface area contributed by atoms with E-state index in [0.717, 1.165) is 12.8 Å². The van der Waals surface area contributed by atoms with E-state index in [-0.39, 0.29) is 17.4 Å². The standard InChI is InChI=1S/C14H13FN4O/c15-9-1-3-11(4-2-9)19-14(20)12-7-13(17-8-16-12)18-10-5-6-10/h1-4,7-8,10H,5-6H2,(H,19,20)(H,16,17,18). The van der Waals surface area contributed by atoms with E-state index in [0.29, 0.717) is 17.5 Å². The molecule has 1 aromatic carbocycles. The molecule has 0 unspecified atom stereocenters. The molecule has 0 aliphatic heterocycles. The van der Waals surface area contributed by atoms with Crippen LogP contribution in [-0.2, 0) is 0 Å². The highest BCUT2D eigenvalue weighted by Crippen LogP contribution is 2.23. The van der Waals surface area contributed by atoms with Gasteiger partial charge in [-0.05, 0) is 37.1 Å². The Hall–Kier alpha value is -2.50. The van der Waals surface area contributed by atoms with E-state index in [1.807, 2.05) is 0 Å². The van der Waals surface area contributed by atoms with Crippen molar-refractivity contribution in [2.75, 3.05) is 10.6 Å². The molecule has 0 bridgehead atoms. The van der Waals surface area contributed by atoms with E-state index in [9.17, 15) is 9.18 Å². The smallest absolute Gasteiger partial charge is 0.274 e. The minimum atomic E-state index is -0.349. The molecule has 6 heteroatoms. The van der Waals surface area contributed by atoms with Crippen molar-refractivity contribution in [2.24, 2.45) is 0 Å². The van der Waals surface area contributed by atoms with Crippen LogP contribution in [0.1, 0.15) is 23.3 Å². The number of hydrogen-bond acceptors (Lipinski definition) is 4. The van der Waals surface area contributed by atoms with Gasteiger partial charge in [0, 0.05) is 17.8 Å². The number of nitrogens with one attached hydrogen (secondary N) is 2. The van der Waals surface area contributed by atoms with Crippen molar-refractivity contribution in [3.8, 4) is 0 Å². The van der Waals surface area contributed by atoms with E-state index in [2.05, 4.69) is 20.6 Å². The summed E-state index contributed by atoms with van der Waals surface area (Å²) in [5, 5.41) is 5.86. The van der Waals surface area contributed by atoms with E-state index in [1.165, 1.54) is 30.6 Å². The van der Waals surface area contributed by atoms with Gasteiger partial charge in [-0.25, -0.2) is 14.4 Å². The SMILES string of the molecule is O=C(Nc1ccc(F)cc1)c1cc(NC2CC2)ncn1. The molecule has 1 aliphatic carbocycles. The largest absolute Gasteiger partial charge is 0.367 e. The number of halogens is 1. The predicted molar refractivity (Wildman–Crippen MR) is 73.0 cm³/mol. The lowest BCUT2D eigenvalue weighted by Gasteiger charge is -2.06. The van der Waals surface area contributed by atoms with Crippen molar-refractivity contribution < 1.29 is 9.18 Å². The quantitative estimate of drug-likeness (QED) is 0.897. The highest BCUT2D eigenvalue weighted by Gasteiger charge is 2.21. The number of carbonyl (C=O) groups excluding carboxylic acids is 1. The second-order valence-electron chi connectivity index (χ2n) is 4.67. The Morgan fingerprint density at radius 2 is 1.95 bits per heavy atom. The number of anilines is 2. The van der Waals surface area contributed by atoms with Gasteiger partial charge in [-0.1, -0.05) is 0 Å². The molecule has 3 rings (SSSR count). The zero-order chi connectivity index (χ0) is 13.9. The van der Waals surface area contributed by atoms with Gasteiger partial charge < -0.3 is 10.6 Å². The number of carbonyl (C=O) groups is 1. The molecule has 1 aromatic heterocycles. The average Bonchev–Trinajstić information content (AvgIpc) is 3.25. The fourth-order valence-electron chi connectivity index (χ4n) is 1.73. The van der Waals surface area contributed by atoms with Gasteiger partial charge in [0.25, 0.3) is 5.91 Å². The second kappa shape index (κ2) is 5.24. The Morgan fingerprint density at radius 1 is 1.20 bits per heavy atom. The molecular formula is C14H13FN4O. The van der Waals surface area contributed by atoms with Gasteiger partial charge in [-0.3, -0.25) is 4.79 Å². The van der Waals surface area contributed by atoms with Crippen LogP contribution >= 0.6 is 0 Å². The van der Waals surface area contributed by atoms with Crippen LogP contribution in [0, 0.1) is 5.82 Å². The summed E-state index contributed by atoms with van der Waals surface area (Å²) in [6.07, 6.45) is 3.60. The average molecular weight is 272 g/mol. The topological polar surface area (TPSA) is 66.9 Å². The number of rotatable bonds is 4. The fourth-order valence-corrected chi connectivity index (χ4v) is 1.73. The molecular weight excluding hydrogens is 259 g/mol. The first kappa shape index (κ1) is 12.5. The van der Waals surface area contributed by atoms with E-state index in [4.69, 9.17) is 0 Å². The summed E-state index contributed by atoms with van der Waals surface area (Å²) in [6.45, 7) is 0. The molecule has 1 fully saturated rings. The Kier molecular flexibility index (Phi) is 3.28. The molecule has 20 heavy (non-hydrogen) atoms. The lowest BCUT2D eigenvalue weighted by atomic mass is 10.3. The molecule has 1 amide bonds. The maximum absolute atomic E-state index is 12.8. The van der Waals surface area contributed by atoms with Crippen molar-refractivity contribution in [1.82, 2.24) is 9.97 Å². The van der Waals surface area contributed by atoms with Crippen molar-refractivity contribution >= 4 is 17.4 Å². The summed E-state index contributed by atoms with van der Waals surface area (Å²) in [6, 6.07) is 7.64. The van der Waals surface area contributed by atoms with Gasteiger partial charge in [-0.2, -0.15) is 0 Å². The third kappa shape index (κ3) is 3.09. The maximum atomic E-state index is 12.8. The second-order valence-corrected chi connectivity index (χ2v) is 4.67. The highest BCUT2D eigenvalue weighted by atomic mass is 19.1. The van der Waals surface area contributed by atoms with Crippen LogP contribution in [0.15, 0.2) is 36.7 Å². The first-order chi connectivity index (χ1) is 9.70. The molecule has 5 nitrogen and oxygen atoms in total. The molecule has 1 saturated carbocycles. The number of aromatic nitrogens is 2. The summed E-state index contributed by atoms with van der Waals surface area (Å²) in [5.74, 6) is -0.0504. The Labute approximate surface area is 115 Å². The monoisotopic (exact) mass is 272 g/mol. The van der Waals surface area contributed by atoms with E-state index >= 15 is 0 Å². The summed E-state index contributed by atoms with van der Waals surface area (Å²) >= 11 is 0. The first-order valence-electron chi connectivity index (χ1n) is 6.36. The minimum Gasteiger partial charge on any atom is -0.367 e. The molecule has 2 aromatic rings. The summed E-state index contributed by atoms with van der Waals surface area (Å²) < 4.78 is 12.8. The highest BCUT2D eigenvalue weighted by molar-refractivity contribution is 6.03. The first-order valence-corrected chi connectivity index (χ1v) is 6.36. The van der Waals surface area contributed by atoms with E-state index in [1.54, 1.807) is 6.07 Å². The van der Waals surface area contributed by atoms with Crippen LogP contribution in [0.3, 0.4) is 0 Å². The van der Waals surface area contributed by atoms with E-state index < -0.39 is 0 Å². The Morgan fingerprint density at radius 3 is 2.65 bits per heavy atom. The van der Waals surface area contributed by atoms with Gasteiger partial charge in [0.15, 0.2) is 0 Å². The van der Waals surface area contributed by atoms with Crippen LogP contribution in [-0.4, -0.2) is 21.9 Å². The summed E-state index contributed by atoms with van der Waals surface area (Å²) in [7, 11) is 0. The number of benzene rings is 1. The summed E-state index contributed by atoms with van der Waals surface area (Å²) in [5.41, 5.74) is 0.791. The molecule has 1 heterocycles. The van der Waals surface area contributed by atoms with Gasteiger partial charge in [0.1, 0.15) is 23.7 Å². The van der Waals surface area contributed by atoms with Crippen LogP contribution in [0.25, 0.3) is 0 Å². The lowest BCUT2D eigenvalue weighted by Crippen LogP contribution is -2.15. The maximum Gasteiger partial charge on any atom is 0.274 e. The van der Waals surface area contributed by atoms with Crippen LogP contribution in [0.2, 0.25) is 0 Å². The molecule has 1 aliphatic rings. The van der Waals surface area contributed by atoms with Crippen molar-refractivity contribution in [3.05, 3.63) is 48.2 Å². The van der Waals surface area contributed by atoms with Crippen LogP contribution in [0.5, 0.6) is 0 Å². The zero-order valence-corrected chi connectivity index (χ0v) is 10.6. The van der Waals surface area contributed by atoms with Crippen LogP contribution < -0.4 is 10.6 Å². The normalized spacial score (nSPS) is 13.8.